The number of aliphatic imine (C=N–C) groups is 1. The zero-order chi connectivity index (χ0) is 22.4. The highest BCUT2D eigenvalue weighted by Gasteiger charge is 2.40. The Hall–Kier alpha value is -3.14. The van der Waals surface area contributed by atoms with Crippen LogP contribution in [0, 0.1) is 41.7 Å². The Morgan fingerprint density at radius 1 is 1.26 bits per heavy atom. The number of carbonyl (C=O) groups is 1. The smallest absolute Gasteiger partial charge is 0.196 e. The first kappa shape index (κ1) is 21.1. The van der Waals surface area contributed by atoms with Gasteiger partial charge in [-0.25, -0.2) is 8.78 Å². The molecule has 7 heteroatoms. The molecule has 160 valence electrons. The SMILES string of the molecule is CC1=NC(C)=C(C(=O)CC2CCC2)C(c2cc(F)c(F)c3c(=O)cc(C)oc23)C1C#N. The average Bonchev–Trinajstić information content (AvgIpc) is 2.66. The highest BCUT2D eigenvalue weighted by Crippen LogP contribution is 2.44. The Morgan fingerprint density at radius 3 is 2.58 bits per heavy atom. The van der Waals surface area contributed by atoms with Gasteiger partial charge in [0, 0.05) is 41.0 Å². The number of rotatable bonds is 4. The van der Waals surface area contributed by atoms with E-state index in [2.05, 4.69) is 11.1 Å². The maximum Gasteiger partial charge on any atom is 0.196 e. The molecular formula is C24H22F2N2O3. The van der Waals surface area contributed by atoms with Crippen molar-refractivity contribution in [1.29, 1.82) is 5.26 Å². The molecule has 1 aromatic carbocycles. The fourth-order valence-electron chi connectivity index (χ4n) is 4.61. The van der Waals surface area contributed by atoms with Crippen molar-refractivity contribution >= 4 is 22.5 Å². The summed E-state index contributed by atoms with van der Waals surface area (Å²) in [6, 6.07) is 4.20. The number of halogens is 2. The summed E-state index contributed by atoms with van der Waals surface area (Å²) in [4.78, 5) is 30.2. The molecule has 1 aromatic heterocycles. The van der Waals surface area contributed by atoms with Crippen LogP contribution < -0.4 is 5.43 Å². The first-order valence-corrected chi connectivity index (χ1v) is 10.3. The lowest BCUT2D eigenvalue weighted by atomic mass is 9.72. The largest absolute Gasteiger partial charge is 0.461 e. The second-order valence-electron chi connectivity index (χ2n) is 8.45. The number of ketones is 1. The molecule has 0 saturated heterocycles. The summed E-state index contributed by atoms with van der Waals surface area (Å²) in [7, 11) is 0. The van der Waals surface area contributed by atoms with Gasteiger partial charge in [-0.05, 0) is 32.8 Å². The summed E-state index contributed by atoms with van der Waals surface area (Å²) in [6.07, 6.45) is 3.33. The van der Waals surface area contributed by atoms with Gasteiger partial charge in [0.05, 0.1) is 12.0 Å². The molecule has 0 N–H and O–H groups in total. The number of hydrogen-bond donors (Lipinski definition) is 0. The molecule has 0 spiro atoms. The van der Waals surface area contributed by atoms with E-state index in [0.717, 1.165) is 31.4 Å². The lowest BCUT2D eigenvalue weighted by molar-refractivity contribution is -0.117. The van der Waals surface area contributed by atoms with Crippen LogP contribution >= 0.6 is 0 Å². The van der Waals surface area contributed by atoms with Gasteiger partial charge in [-0.1, -0.05) is 19.3 Å². The van der Waals surface area contributed by atoms with Crippen molar-refractivity contribution in [3.8, 4) is 6.07 Å². The normalized spacial score (nSPS) is 21.6. The second kappa shape index (κ2) is 7.84. The van der Waals surface area contributed by atoms with Crippen LogP contribution in [-0.4, -0.2) is 11.5 Å². The van der Waals surface area contributed by atoms with Gasteiger partial charge in [-0.2, -0.15) is 5.26 Å². The number of nitrogens with zero attached hydrogens (tertiary/aromatic N) is 2. The molecule has 2 aliphatic rings. The number of allylic oxidation sites excluding steroid dienone is 2. The van der Waals surface area contributed by atoms with Gasteiger partial charge in [-0.3, -0.25) is 14.6 Å². The minimum atomic E-state index is -1.30. The number of nitriles is 1. The summed E-state index contributed by atoms with van der Waals surface area (Å²) in [5.74, 6) is -3.95. The van der Waals surface area contributed by atoms with Gasteiger partial charge in [-0.15, -0.1) is 0 Å². The topological polar surface area (TPSA) is 83.4 Å². The lowest BCUT2D eigenvalue weighted by Gasteiger charge is -2.32. The molecule has 5 nitrogen and oxygen atoms in total. The molecule has 2 atom stereocenters. The van der Waals surface area contributed by atoms with Crippen molar-refractivity contribution < 1.29 is 18.0 Å². The van der Waals surface area contributed by atoms with E-state index < -0.39 is 34.3 Å². The van der Waals surface area contributed by atoms with Gasteiger partial charge in [0.1, 0.15) is 16.7 Å². The fraction of sp³-hybridized carbons (Fsp3) is 0.417. The van der Waals surface area contributed by atoms with Crippen molar-refractivity contribution in [3.05, 3.63) is 56.6 Å². The summed E-state index contributed by atoms with van der Waals surface area (Å²) in [6.45, 7) is 4.88. The predicted molar refractivity (Wildman–Crippen MR) is 112 cm³/mol. The number of aryl methyl sites for hydroxylation is 1. The van der Waals surface area contributed by atoms with E-state index in [1.54, 1.807) is 13.8 Å². The van der Waals surface area contributed by atoms with Crippen LogP contribution in [0.2, 0.25) is 0 Å². The van der Waals surface area contributed by atoms with Crippen LogP contribution in [-0.2, 0) is 4.79 Å². The average molecular weight is 424 g/mol. The lowest BCUT2D eigenvalue weighted by Crippen LogP contribution is -2.30. The summed E-state index contributed by atoms with van der Waals surface area (Å²) in [5.41, 5.74) is 0.497. The molecule has 0 bridgehead atoms. The highest BCUT2D eigenvalue weighted by atomic mass is 19.2. The Morgan fingerprint density at radius 2 is 1.97 bits per heavy atom. The molecule has 0 amide bonds. The van der Waals surface area contributed by atoms with E-state index >= 15 is 0 Å². The van der Waals surface area contributed by atoms with Gasteiger partial charge in [0.2, 0.25) is 0 Å². The van der Waals surface area contributed by atoms with Crippen molar-refractivity contribution in [2.45, 2.75) is 52.4 Å². The maximum absolute atomic E-state index is 14.6. The van der Waals surface area contributed by atoms with Gasteiger partial charge in [0.15, 0.2) is 22.8 Å². The van der Waals surface area contributed by atoms with E-state index in [4.69, 9.17) is 4.42 Å². The minimum Gasteiger partial charge on any atom is -0.461 e. The highest BCUT2D eigenvalue weighted by molar-refractivity contribution is 6.03. The molecule has 2 unspecified atom stereocenters. The number of carbonyl (C=O) groups excluding carboxylic acids is 1. The summed E-state index contributed by atoms with van der Waals surface area (Å²) >= 11 is 0. The molecule has 1 aliphatic carbocycles. The van der Waals surface area contributed by atoms with Crippen LogP contribution in [0.4, 0.5) is 8.78 Å². The summed E-state index contributed by atoms with van der Waals surface area (Å²) < 4.78 is 34.8. The Labute approximate surface area is 178 Å². The van der Waals surface area contributed by atoms with E-state index in [1.807, 2.05) is 0 Å². The van der Waals surface area contributed by atoms with Crippen LogP contribution in [0.1, 0.15) is 56.8 Å². The van der Waals surface area contributed by atoms with Gasteiger partial charge in [0.25, 0.3) is 0 Å². The molecule has 2 aromatic rings. The van der Waals surface area contributed by atoms with Gasteiger partial charge < -0.3 is 4.42 Å². The Bertz CT molecular complexity index is 1260. The third-order valence-corrected chi connectivity index (χ3v) is 6.35. The predicted octanol–water partition coefficient (Wildman–Crippen LogP) is 5.11. The molecule has 4 rings (SSSR count). The Balaban J connectivity index is 1.99. The van der Waals surface area contributed by atoms with Crippen LogP contribution in [0.5, 0.6) is 0 Å². The fourth-order valence-corrected chi connectivity index (χ4v) is 4.61. The summed E-state index contributed by atoms with van der Waals surface area (Å²) in [5, 5.41) is 9.39. The number of hydrogen-bond acceptors (Lipinski definition) is 5. The molecule has 31 heavy (non-hydrogen) atoms. The molecule has 1 fully saturated rings. The standard InChI is InChI=1S/C24H22F2N2O3/c1-11-7-18(29)22-23(26)17(25)9-15(24(22)31-11)21-16(10-27)12(2)28-13(3)20(21)19(30)8-14-5-4-6-14/h7,9,14,16,21H,4-6,8H2,1-3H3. The van der Waals surface area contributed by atoms with Crippen LogP contribution in [0.25, 0.3) is 11.0 Å². The first-order chi connectivity index (χ1) is 14.7. The van der Waals surface area contributed by atoms with E-state index in [9.17, 15) is 23.6 Å². The van der Waals surface area contributed by atoms with E-state index in [1.165, 1.54) is 6.92 Å². The third kappa shape index (κ3) is 3.50. The van der Waals surface area contributed by atoms with Crippen LogP contribution in [0.3, 0.4) is 0 Å². The number of benzene rings is 1. The molecule has 1 aliphatic heterocycles. The van der Waals surface area contributed by atoms with Crippen LogP contribution in [0.15, 0.2) is 37.6 Å². The Kier molecular flexibility index (Phi) is 5.34. The van der Waals surface area contributed by atoms with Crippen molar-refractivity contribution in [3.63, 3.8) is 0 Å². The monoisotopic (exact) mass is 424 g/mol. The first-order valence-electron chi connectivity index (χ1n) is 10.3. The second-order valence-corrected chi connectivity index (χ2v) is 8.45. The number of Topliss-reactive ketones (excluding diaryl/α,β-unsaturated/α-hetero) is 1. The zero-order valence-electron chi connectivity index (χ0n) is 17.6. The van der Waals surface area contributed by atoms with Crippen molar-refractivity contribution in [1.82, 2.24) is 0 Å². The quantitative estimate of drug-likeness (QED) is 0.683. The minimum absolute atomic E-state index is 0.117. The molecular weight excluding hydrogens is 402 g/mol. The third-order valence-electron chi connectivity index (χ3n) is 6.35. The molecule has 1 saturated carbocycles. The number of fused-ring (bicyclic) bond motifs is 1. The van der Waals surface area contributed by atoms with E-state index in [-0.39, 0.29) is 28.6 Å². The molecule has 2 heterocycles. The molecule has 0 radical (unpaired) electrons. The van der Waals surface area contributed by atoms with Crippen molar-refractivity contribution in [2.24, 2.45) is 16.8 Å². The van der Waals surface area contributed by atoms with E-state index in [0.29, 0.717) is 23.4 Å². The van der Waals surface area contributed by atoms with Gasteiger partial charge >= 0.3 is 0 Å². The zero-order valence-corrected chi connectivity index (χ0v) is 17.6. The van der Waals surface area contributed by atoms with Crippen molar-refractivity contribution in [2.75, 3.05) is 0 Å². The maximum atomic E-state index is 14.6.